The molecule has 0 saturated heterocycles. The minimum absolute atomic E-state index is 0.136. The van der Waals surface area contributed by atoms with Gasteiger partial charge < -0.3 is 10.6 Å². The van der Waals surface area contributed by atoms with Gasteiger partial charge in [0.05, 0.1) is 17.9 Å². The number of pyridine rings is 1. The second-order valence-corrected chi connectivity index (χ2v) is 6.28. The van der Waals surface area contributed by atoms with Crippen LogP contribution in [-0.4, -0.2) is 29.0 Å². The van der Waals surface area contributed by atoms with Crippen LogP contribution in [0.1, 0.15) is 57.7 Å². The van der Waals surface area contributed by atoms with E-state index in [2.05, 4.69) is 23.7 Å². The van der Waals surface area contributed by atoms with Crippen LogP contribution in [0.4, 0.5) is 4.39 Å². The van der Waals surface area contributed by atoms with E-state index in [-0.39, 0.29) is 11.9 Å². The Morgan fingerprint density at radius 2 is 2.05 bits per heavy atom. The Labute approximate surface area is 127 Å². The van der Waals surface area contributed by atoms with Crippen molar-refractivity contribution in [2.24, 2.45) is 11.7 Å². The quantitative estimate of drug-likeness (QED) is 0.872. The van der Waals surface area contributed by atoms with Gasteiger partial charge in [0, 0.05) is 12.6 Å². The molecule has 118 valence electrons. The van der Waals surface area contributed by atoms with E-state index in [9.17, 15) is 4.39 Å². The van der Waals surface area contributed by atoms with Crippen LogP contribution in [0.5, 0.6) is 0 Å². The molecule has 4 heteroatoms. The van der Waals surface area contributed by atoms with Crippen molar-refractivity contribution in [1.29, 1.82) is 0 Å². The van der Waals surface area contributed by atoms with Crippen LogP contribution in [0.3, 0.4) is 0 Å². The van der Waals surface area contributed by atoms with Crippen molar-refractivity contribution >= 4 is 0 Å². The van der Waals surface area contributed by atoms with Crippen LogP contribution in [0.25, 0.3) is 0 Å². The molecule has 1 aliphatic rings. The minimum atomic E-state index is -0.309. The van der Waals surface area contributed by atoms with Crippen LogP contribution in [-0.2, 0) is 0 Å². The van der Waals surface area contributed by atoms with Crippen LogP contribution in [0.2, 0.25) is 0 Å². The van der Waals surface area contributed by atoms with E-state index in [1.54, 1.807) is 6.07 Å². The van der Waals surface area contributed by atoms with Gasteiger partial charge >= 0.3 is 0 Å². The molecule has 0 bridgehead atoms. The maximum Gasteiger partial charge on any atom is 0.141 e. The summed E-state index contributed by atoms with van der Waals surface area (Å²) in [5.41, 5.74) is 7.09. The molecule has 3 nitrogen and oxygen atoms in total. The molecule has 2 atom stereocenters. The van der Waals surface area contributed by atoms with E-state index < -0.39 is 0 Å². The number of hydrogen-bond acceptors (Lipinski definition) is 3. The Kier molecular flexibility index (Phi) is 6.12. The maximum absolute atomic E-state index is 12.9. The van der Waals surface area contributed by atoms with Crippen LogP contribution in [0.15, 0.2) is 18.3 Å². The van der Waals surface area contributed by atoms with Crippen molar-refractivity contribution in [3.05, 3.63) is 29.8 Å². The molecule has 1 fully saturated rings. The first-order valence-electron chi connectivity index (χ1n) is 8.23. The number of halogens is 1. The fraction of sp³-hybridized carbons (Fsp3) is 0.706. The smallest absolute Gasteiger partial charge is 0.141 e. The predicted octanol–water partition coefficient (Wildman–Crippen LogP) is 3.51. The first-order chi connectivity index (χ1) is 10.1. The van der Waals surface area contributed by atoms with E-state index in [1.165, 1.54) is 44.4 Å². The highest BCUT2D eigenvalue weighted by Crippen LogP contribution is 2.25. The third-order valence-corrected chi connectivity index (χ3v) is 4.72. The topological polar surface area (TPSA) is 42.1 Å². The van der Waals surface area contributed by atoms with Gasteiger partial charge in [-0.25, -0.2) is 4.39 Å². The van der Waals surface area contributed by atoms with Gasteiger partial charge in [0.1, 0.15) is 5.82 Å². The molecule has 21 heavy (non-hydrogen) atoms. The van der Waals surface area contributed by atoms with Gasteiger partial charge in [0.25, 0.3) is 0 Å². The second-order valence-electron chi connectivity index (χ2n) is 6.28. The minimum Gasteiger partial charge on any atom is -0.322 e. The summed E-state index contributed by atoms with van der Waals surface area (Å²) in [6.07, 6.45) is 7.95. The van der Waals surface area contributed by atoms with Gasteiger partial charge in [-0.1, -0.05) is 33.1 Å². The molecule has 1 saturated carbocycles. The Bertz CT molecular complexity index is 415. The number of hydrogen-bond donors (Lipinski definition) is 1. The zero-order valence-electron chi connectivity index (χ0n) is 13.3. The van der Waals surface area contributed by atoms with Crippen LogP contribution < -0.4 is 5.73 Å². The predicted molar refractivity (Wildman–Crippen MR) is 84.4 cm³/mol. The van der Waals surface area contributed by atoms with E-state index in [4.69, 9.17) is 5.73 Å². The Balaban J connectivity index is 1.94. The SMILES string of the molecule is CCN(CC(C)C(N)c1ccc(F)cn1)C1CCCCC1. The summed E-state index contributed by atoms with van der Waals surface area (Å²) in [7, 11) is 0. The number of nitrogens with two attached hydrogens (primary N) is 1. The van der Waals surface area contributed by atoms with Crippen molar-refractivity contribution < 1.29 is 4.39 Å². The number of aromatic nitrogens is 1. The lowest BCUT2D eigenvalue weighted by Crippen LogP contribution is -2.41. The van der Waals surface area contributed by atoms with E-state index in [1.807, 2.05) is 0 Å². The standard InChI is InChI=1S/C17H28FN3/c1-3-21(15-7-5-4-6-8-15)12-13(2)17(19)16-10-9-14(18)11-20-16/h9-11,13,15,17H,3-8,12,19H2,1-2H3. The summed E-state index contributed by atoms with van der Waals surface area (Å²) in [4.78, 5) is 6.69. The van der Waals surface area contributed by atoms with Crippen LogP contribution in [0, 0.1) is 11.7 Å². The molecule has 0 spiro atoms. The number of rotatable bonds is 6. The fourth-order valence-electron chi connectivity index (χ4n) is 3.34. The molecule has 0 aliphatic heterocycles. The molecule has 0 amide bonds. The highest BCUT2D eigenvalue weighted by atomic mass is 19.1. The molecule has 2 unspecified atom stereocenters. The van der Waals surface area contributed by atoms with E-state index in [0.29, 0.717) is 12.0 Å². The molecular weight excluding hydrogens is 265 g/mol. The fourth-order valence-corrected chi connectivity index (χ4v) is 3.34. The van der Waals surface area contributed by atoms with Gasteiger partial charge in [-0.05, 0) is 37.4 Å². The summed E-state index contributed by atoms with van der Waals surface area (Å²) in [5.74, 6) is 0.000770. The molecule has 1 aromatic rings. The average molecular weight is 293 g/mol. The molecule has 1 aliphatic carbocycles. The summed E-state index contributed by atoms with van der Waals surface area (Å²) < 4.78 is 12.9. The first-order valence-corrected chi connectivity index (χ1v) is 8.23. The van der Waals surface area contributed by atoms with Crippen molar-refractivity contribution in [3.8, 4) is 0 Å². The molecule has 0 aromatic carbocycles. The third kappa shape index (κ3) is 4.48. The zero-order chi connectivity index (χ0) is 15.2. The zero-order valence-corrected chi connectivity index (χ0v) is 13.3. The molecular formula is C17H28FN3. The van der Waals surface area contributed by atoms with E-state index in [0.717, 1.165) is 18.8 Å². The van der Waals surface area contributed by atoms with Gasteiger partial charge in [-0.15, -0.1) is 0 Å². The lowest BCUT2D eigenvalue weighted by molar-refractivity contribution is 0.136. The molecule has 2 N–H and O–H groups in total. The maximum atomic E-state index is 12.9. The Morgan fingerprint density at radius 1 is 1.33 bits per heavy atom. The van der Waals surface area contributed by atoms with Crippen molar-refractivity contribution in [2.75, 3.05) is 13.1 Å². The summed E-state index contributed by atoms with van der Waals surface area (Å²) in [5, 5.41) is 0. The molecule has 1 heterocycles. The van der Waals surface area contributed by atoms with Gasteiger partial charge in [-0.2, -0.15) is 0 Å². The van der Waals surface area contributed by atoms with Gasteiger partial charge in [-0.3, -0.25) is 4.98 Å². The second kappa shape index (κ2) is 7.85. The van der Waals surface area contributed by atoms with Gasteiger partial charge in [0.15, 0.2) is 0 Å². The normalized spacial score (nSPS) is 19.7. The van der Waals surface area contributed by atoms with Crippen molar-refractivity contribution in [3.63, 3.8) is 0 Å². The van der Waals surface area contributed by atoms with Crippen molar-refractivity contribution in [1.82, 2.24) is 9.88 Å². The average Bonchev–Trinajstić information content (AvgIpc) is 2.53. The highest BCUT2D eigenvalue weighted by molar-refractivity contribution is 5.10. The third-order valence-electron chi connectivity index (χ3n) is 4.72. The lowest BCUT2D eigenvalue weighted by Gasteiger charge is -2.36. The summed E-state index contributed by atoms with van der Waals surface area (Å²) in [6.45, 7) is 6.45. The summed E-state index contributed by atoms with van der Waals surface area (Å²) in [6, 6.07) is 3.71. The van der Waals surface area contributed by atoms with Crippen molar-refractivity contribution in [2.45, 2.75) is 58.0 Å². The van der Waals surface area contributed by atoms with Crippen LogP contribution >= 0.6 is 0 Å². The summed E-state index contributed by atoms with van der Waals surface area (Å²) >= 11 is 0. The Morgan fingerprint density at radius 3 is 2.62 bits per heavy atom. The van der Waals surface area contributed by atoms with Gasteiger partial charge in [0.2, 0.25) is 0 Å². The molecule has 1 aromatic heterocycles. The molecule has 2 rings (SSSR count). The Hall–Kier alpha value is -1.00. The number of nitrogens with zero attached hydrogens (tertiary/aromatic N) is 2. The largest absolute Gasteiger partial charge is 0.322 e. The van der Waals surface area contributed by atoms with E-state index >= 15 is 0 Å². The highest BCUT2D eigenvalue weighted by Gasteiger charge is 2.24. The lowest BCUT2D eigenvalue weighted by atomic mass is 9.92. The first kappa shape index (κ1) is 16.4. The monoisotopic (exact) mass is 293 g/mol. The molecule has 0 radical (unpaired) electrons.